The lowest BCUT2D eigenvalue weighted by atomic mass is 10.4. The number of sulfonamides is 1. The molecule has 0 saturated carbocycles. The van der Waals surface area contributed by atoms with Gasteiger partial charge in [0.05, 0.1) is 24.4 Å². The molecule has 0 atom stereocenters. The second-order valence-electron chi connectivity index (χ2n) is 4.28. The smallest absolute Gasteiger partial charge is 0.245 e. The van der Waals surface area contributed by atoms with Crippen LogP contribution in [0.2, 0.25) is 10.0 Å². The van der Waals surface area contributed by atoms with E-state index in [1.165, 1.54) is 24.5 Å². The molecule has 9 heteroatoms. The molecule has 1 aromatic heterocycles. The lowest BCUT2D eigenvalue weighted by Crippen LogP contribution is -2.34. The highest BCUT2D eigenvalue weighted by molar-refractivity contribution is 7.89. The zero-order chi connectivity index (χ0) is 16.3. The average molecular weight is 383 g/mol. The Morgan fingerprint density at radius 2 is 1.95 bits per heavy atom. The van der Waals surface area contributed by atoms with E-state index in [1.54, 1.807) is 12.1 Å². The van der Waals surface area contributed by atoms with Gasteiger partial charge >= 0.3 is 0 Å². The van der Waals surface area contributed by atoms with Gasteiger partial charge in [0, 0.05) is 5.02 Å². The van der Waals surface area contributed by atoms with Crippen LogP contribution in [0.15, 0.2) is 45.9 Å². The Kier molecular flexibility index (Phi) is 5.52. The van der Waals surface area contributed by atoms with Gasteiger partial charge in [0.2, 0.25) is 15.3 Å². The number of rotatable bonds is 6. The van der Waals surface area contributed by atoms with Gasteiger partial charge in [-0.15, -0.1) is 0 Å². The van der Waals surface area contributed by atoms with E-state index >= 15 is 0 Å². The predicted octanol–water partition coefficient (Wildman–Crippen LogP) is 3.54. The Balaban J connectivity index is 2.44. The molecule has 1 heterocycles. The van der Waals surface area contributed by atoms with Crippen molar-refractivity contribution in [2.24, 2.45) is 0 Å². The molecule has 118 valence electrons. The van der Waals surface area contributed by atoms with E-state index in [4.69, 9.17) is 39.2 Å². The minimum atomic E-state index is -4.07. The van der Waals surface area contributed by atoms with Crippen LogP contribution >= 0.6 is 34.8 Å². The van der Waals surface area contributed by atoms with Crippen molar-refractivity contribution in [2.75, 3.05) is 6.54 Å². The third-order valence-electron chi connectivity index (χ3n) is 2.72. The van der Waals surface area contributed by atoms with Crippen molar-refractivity contribution in [3.63, 3.8) is 0 Å². The number of hydrogen-bond acceptors (Lipinski definition) is 4. The van der Waals surface area contributed by atoms with Crippen molar-refractivity contribution in [1.29, 1.82) is 0 Å². The van der Waals surface area contributed by atoms with Crippen LogP contribution in [0.3, 0.4) is 0 Å². The summed E-state index contributed by atoms with van der Waals surface area (Å²) >= 11 is 17.1. The molecule has 0 aliphatic rings. The molecule has 2 aromatic rings. The fraction of sp³-hybridized carbons (Fsp3) is 0.154. The lowest BCUT2D eigenvalue weighted by Gasteiger charge is -2.20. The molecule has 2 rings (SSSR count). The van der Waals surface area contributed by atoms with Crippen molar-refractivity contribution < 1.29 is 17.6 Å². The molecule has 0 radical (unpaired) electrons. The minimum Gasteiger partial charge on any atom is -0.468 e. The van der Waals surface area contributed by atoms with Gasteiger partial charge in [-0.05, 0) is 41.9 Å². The fourth-order valence-corrected chi connectivity index (χ4v) is 4.07. The normalized spacial score (nSPS) is 11.8. The maximum absolute atomic E-state index is 12.7. The molecule has 0 spiro atoms. The third-order valence-corrected chi connectivity index (χ3v) is 5.35. The molecule has 0 bridgehead atoms. The highest BCUT2D eigenvalue weighted by atomic mass is 35.5. The molecule has 0 aliphatic heterocycles. The van der Waals surface area contributed by atoms with Crippen molar-refractivity contribution in [1.82, 2.24) is 4.31 Å². The number of hydrogen-bond donors (Lipinski definition) is 0. The number of nitrogens with zero attached hydrogens (tertiary/aromatic N) is 1. The first kappa shape index (κ1) is 17.3. The van der Waals surface area contributed by atoms with Crippen LogP contribution in [-0.4, -0.2) is 24.5 Å². The minimum absolute atomic E-state index is 0.00383. The first-order valence-corrected chi connectivity index (χ1v) is 8.54. The monoisotopic (exact) mass is 381 g/mol. The number of furan rings is 1. The first-order chi connectivity index (χ1) is 10.3. The van der Waals surface area contributed by atoms with Crippen molar-refractivity contribution >= 4 is 50.1 Å². The quantitative estimate of drug-likeness (QED) is 0.717. The summed E-state index contributed by atoms with van der Waals surface area (Å²) < 4.78 is 31.4. The van der Waals surface area contributed by atoms with Gasteiger partial charge < -0.3 is 4.42 Å². The summed E-state index contributed by atoms with van der Waals surface area (Å²) in [6, 6.07) is 7.24. The van der Waals surface area contributed by atoms with Crippen molar-refractivity contribution in [2.45, 2.75) is 11.4 Å². The summed E-state index contributed by atoms with van der Waals surface area (Å²) in [4.78, 5) is 11.0. The Morgan fingerprint density at radius 1 is 1.23 bits per heavy atom. The van der Waals surface area contributed by atoms with E-state index in [-0.39, 0.29) is 21.5 Å². The zero-order valence-electron chi connectivity index (χ0n) is 11.0. The summed E-state index contributed by atoms with van der Waals surface area (Å²) in [6.07, 6.45) is 1.40. The van der Waals surface area contributed by atoms with Gasteiger partial charge in [0.1, 0.15) is 10.7 Å². The second-order valence-corrected chi connectivity index (χ2v) is 7.45. The maximum atomic E-state index is 12.7. The Hall–Kier alpha value is -1.05. The number of carbonyl (C=O) groups is 1. The number of benzene rings is 1. The van der Waals surface area contributed by atoms with Crippen LogP contribution in [-0.2, 0) is 21.4 Å². The summed E-state index contributed by atoms with van der Waals surface area (Å²) in [7, 11) is -4.07. The first-order valence-electron chi connectivity index (χ1n) is 5.96. The van der Waals surface area contributed by atoms with Crippen molar-refractivity contribution in [3.05, 3.63) is 52.4 Å². The summed E-state index contributed by atoms with van der Waals surface area (Å²) in [5.41, 5.74) is 0. The molecule has 0 N–H and O–H groups in total. The van der Waals surface area contributed by atoms with Gasteiger partial charge in [-0.1, -0.05) is 23.2 Å². The Morgan fingerprint density at radius 3 is 2.55 bits per heavy atom. The SMILES string of the molecule is O=C(Cl)CN(Cc1ccco1)S(=O)(=O)c1cc(Cl)ccc1Cl. The van der Waals surface area contributed by atoms with E-state index in [1.807, 2.05) is 0 Å². The molecule has 0 unspecified atom stereocenters. The molecule has 0 amide bonds. The van der Waals surface area contributed by atoms with Gasteiger partial charge in [-0.2, -0.15) is 4.31 Å². The van der Waals surface area contributed by atoms with Crippen molar-refractivity contribution in [3.8, 4) is 0 Å². The van der Waals surface area contributed by atoms with Crippen LogP contribution in [0.5, 0.6) is 0 Å². The van der Waals surface area contributed by atoms with E-state index < -0.39 is 21.8 Å². The van der Waals surface area contributed by atoms with Crippen LogP contribution in [0.25, 0.3) is 0 Å². The number of halogens is 3. The largest absolute Gasteiger partial charge is 0.468 e. The molecular formula is C13H10Cl3NO4S. The second kappa shape index (κ2) is 7.02. The highest BCUT2D eigenvalue weighted by Crippen LogP contribution is 2.28. The highest BCUT2D eigenvalue weighted by Gasteiger charge is 2.29. The molecular weight excluding hydrogens is 373 g/mol. The Labute approximate surface area is 142 Å². The third kappa shape index (κ3) is 4.02. The summed E-state index contributed by atoms with van der Waals surface area (Å²) in [5.74, 6) is 0.361. The maximum Gasteiger partial charge on any atom is 0.245 e. The summed E-state index contributed by atoms with van der Waals surface area (Å²) in [6.45, 7) is -0.677. The zero-order valence-corrected chi connectivity index (χ0v) is 14.1. The fourth-order valence-electron chi connectivity index (χ4n) is 1.75. The van der Waals surface area contributed by atoms with Gasteiger partial charge in [-0.25, -0.2) is 8.42 Å². The molecule has 0 aliphatic carbocycles. The van der Waals surface area contributed by atoms with E-state index in [2.05, 4.69) is 0 Å². The predicted molar refractivity (Wildman–Crippen MR) is 83.6 cm³/mol. The van der Waals surface area contributed by atoms with Crippen LogP contribution in [0.1, 0.15) is 5.76 Å². The van der Waals surface area contributed by atoms with Crippen LogP contribution in [0, 0.1) is 0 Å². The molecule has 5 nitrogen and oxygen atoms in total. The standard InChI is InChI=1S/C13H10Cl3NO4S/c14-9-3-4-11(15)12(6-9)22(19,20)17(8-13(16)18)7-10-2-1-5-21-10/h1-6H,7-8H2. The molecule has 22 heavy (non-hydrogen) atoms. The summed E-state index contributed by atoms with van der Waals surface area (Å²) in [5, 5.41) is -0.623. The molecule has 1 aromatic carbocycles. The van der Waals surface area contributed by atoms with Crippen LogP contribution < -0.4 is 0 Å². The molecule has 0 fully saturated rings. The Bertz CT molecular complexity index is 775. The van der Waals surface area contributed by atoms with Gasteiger partial charge in [0.25, 0.3) is 0 Å². The average Bonchev–Trinajstić information content (AvgIpc) is 2.93. The topological polar surface area (TPSA) is 67.6 Å². The van der Waals surface area contributed by atoms with E-state index in [0.29, 0.717) is 5.76 Å². The molecule has 0 saturated heterocycles. The van der Waals surface area contributed by atoms with E-state index in [9.17, 15) is 13.2 Å². The van der Waals surface area contributed by atoms with E-state index in [0.717, 1.165) is 4.31 Å². The van der Waals surface area contributed by atoms with Crippen LogP contribution in [0.4, 0.5) is 0 Å². The number of carbonyl (C=O) groups excluding carboxylic acids is 1. The van der Waals surface area contributed by atoms with Gasteiger partial charge in [0.15, 0.2) is 0 Å². The lowest BCUT2D eigenvalue weighted by molar-refractivity contribution is -0.112. The van der Waals surface area contributed by atoms with Gasteiger partial charge in [-0.3, -0.25) is 4.79 Å².